The Morgan fingerprint density at radius 3 is 2.72 bits per heavy atom. The third-order valence-electron chi connectivity index (χ3n) is 4.69. The number of rotatable bonds is 5. The Morgan fingerprint density at radius 2 is 2.04 bits per heavy atom. The molecule has 2 aliphatic rings. The summed E-state index contributed by atoms with van der Waals surface area (Å²) in [7, 11) is 1.59. The second-order valence-corrected chi connectivity index (χ2v) is 6.39. The SMILES string of the molecule is COc1ccc(NC(=O)N2CCC[C@@H]2C(=O)NC[C@H]2CCCO2)cc1. The number of nitrogens with one attached hydrogen (secondary N) is 2. The summed E-state index contributed by atoms with van der Waals surface area (Å²) in [4.78, 5) is 26.6. The van der Waals surface area contributed by atoms with Crippen molar-refractivity contribution in [2.45, 2.75) is 37.8 Å². The fourth-order valence-electron chi connectivity index (χ4n) is 3.29. The van der Waals surface area contributed by atoms with Crippen LogP contribution >= 0.6 is 0 Å². The van der Waals surface area contributed by atoms with Crippen LogP contribution in [-0.4, -0.2) is 55.8 Å². The Bertz CT molecular complexity index is 599. The van der Waals surface area contributed by atoms with Gasteiger partial charge in [-0.3, -0.25) is 4.79 Å². The van der Waals surface area contributed by atoms with E-state index in [0.717, 1.165) is 31.6 Å². The molecule has 1 aromatic carbocycles. The van der Waals surface area contributed by atoms with E-state index in [-0.39, 0.29) is 18.0 Å². The Labute approximate surface area is 147 Å². The van der Waals surface area contributed by atoms with Gasteiger partial charge in [-0.15, -0.1) is 0 Å². The van der Waals surface area contributed by atoms with Gasteiger partial charge in [0.1, 0.15) is 11.8 Å². The first-order valence-corrected chi connectivity index (χ1v) is 8.78. The predicted molar refractivity (Wildman–Crippen MR) is 93.7 cm³/mol. The number of hydrogen-bond acceptors (Lipinski definition) is 4. The molecule has 0 aromatic heterocycles. The summed E-state index contributed by atoms with van der Waals surface area (Å²) in [6, 6.07) is 6.45. The number of urea groups is 1. The average molecular weight is 347 g/mol. The van der Waals surface area contributed by atoms with Crippen LogP contribution in [0.15, 0.2) is 24.3 Å². The number of benzene rings is 1. The summed E-state index contributed by atoms with van der Waals surface area (Å²) in [6.07, 6.45) is 3.64. The smallest absolute Gasteiger partial charge is 0.322 e. The maximum atomic E-state index is 12.5. The Kier molecular flexibility index (Phi) is 5.75. The lowest BCUT2D eigenvalue weighted by molar-refractivity contribution is -0.125. The molecule has 2 fully saturated rings. The highest BCUT2D eigenvalue weighted by atomic mass is 16.5. The van der Waals surface area contributed by atoms with Gasteiger partial charge in [0.15, 0.2) is 0 Å². The molecule has 7 nitrogen and oxygen atoms in total. The van der Waals surface area contributed by atoms with Gasteiger partial charge in [0.2, 0.25) is 5.91 Å². The fourth-order valence-corrected chi connectivity index (χ4v) is 3.29. The number of likely N-dealkylation sites (tertiary alicyclic amines) is 1. The zero-order valence-corrected chi connectivity index (χ0v) is 14.5. The Hall–Kier alpha value is -2.28. The van der Waals surface area contributed by atoms with E-state index in [1.165, 1.54) is 0 Å². The van der Waals surface area contributed by atoms with Gasteiger partial charge < -0.3 is 25.0 Å². The van der Waals surface area contributed by atoms with Crippen molar-refractivity contribution in [3.05, 3.63) is 24.3 Å². The molecule has 25 heavy (non-hydrogen) atoms. The van der Waals surface area contributed by atoms with Crippen molar-refractivity contribution >= 4 is 17.6 Å². The van der Waals surface area contributed by atoms with Crippen LogP contribution in [0.5, 0.6) is 5.75 Å². The number of nitrogens with zero attached hydrogens (tertiary/aromatic N) is 1. The summed E-state index contributed by atoms with van der Waals surface area (Å²) < 4.78 is 10.6. The minimum Gasteiger partial charge on any atom is -0.497 e. The van der Waals surface area contributed by atoms with Crippen LogP contribution in [0, 0.1) is 0 Å². The molecule has 2 N–H and O–H groups in total. The van der Waals surface area contributed by atoms with Crippen LogP contribution in [0.3, 0.4) is 0 Å². The normalized spacial score (nSPS) is 22.7. The quantitative estimate of drug-likeness (QED) is 0.854. The first-order valence-electron chi connectivity index (χ1n) is 8.78. The first kappa shape index (κ1) is 17.5. The number of ether oxygens (including phenoxy) is 2. The molecule has 3 amide bonds. The Morgan fingerprint density at radius 1 is 1.24 bits per heavy atom. The molecule has 3 rings (SSSR count). The van der Waals surface area contributed by atoms with Gasteiger partial charge in [0.25, 0.3) is 0 Å². The molecule has 2 aliphatic heterocycles. The molecule has 1 aromatic rings. The molecule has 7 heteroatoms. The number of carbonyl (C=O) groups is 2. The van der Waals surface area contributed by atoms with Crippen molar-refractivity contribution in [1.82, 2.24) is 10.2 Å². The lowest BCUT2D eigenvalue weighted by Crippen LogP contribution is -2.48. The van der Waals surface area contributed by atoms with Crippen molar-refractivity contribution in [2.75, 3.05) is 32.1 Å². The lowest BCUT2D eigenvalue weighted by Gasteiger charge is -2.24. The van der Waals surface area contributed by atoms with Gasteiger partial charge >= 0.3 is 6.03 Å². The van der Waals surface area contributed by atoms with E-state index in [0.29, 0.717) is 25.2 Å². The predicted octanol–water partition coefficient (Wildman–Crippen LogP) is 1.99. The molecule has 0 radical (unpaired) electrons. The molecular formula is C18H25N3O4. The van der Waals surface area contributed by atoms with E-state index in [9.17, 15) is 9.59 Å². The monoisotopic (exact) mass is 347 g/mol. The molecule has 0 spiro atoms. The zero-order chi connectivity index (χ0) is 17.6. The topological polar surface area (TPSA) is 79.9 Å². The largest absolute Gasteiger partial charge is 0.497 e. The van der Waals surface area contributed by atoms with E-state index in [1.807, 2.05) is 0 Å². The molecule has 2 atom stereocenters. The summed E-state index contributed by atoms with van der Waals surface area (Å²) in [5, 5.41) is 5.77. The molecular weight excluding hydrogens is 322 g/mol. The highest BCUT2D eigenvalue weighted by Crippen LogP contribution is 2.21. The Balaban J connectivity index is 1.53. The van der Waals surface area contributed by atoms with Crippen LogP contribution in [-0.2, 0) is 9.53 Å². The lowest BCUT2D eigenvalue weighted by atomic mass is 10.2. The molecule has 0 bridgehead atoms. The van der Waals surface area contributed by atoms with Crippen LogP contribution in [0.25, 0.3) is 0 Å². The molecule has 136 valence electrons. The number of amides is 3. The number of methoxy groups -OCH3 is 1. The number of hydrogen-bond donors (Lipinski definition) is 2. The van der Waals surface area contributed by atoms with Gasteiger partial charge in [-0.05, 0) is 49.9 Å². The summed E-state index contributed by atoms with van der Waals surface area (Å²) in [5.74, 6) is 0.628. The minimum atomic E-state index is -0.417. The van der Waals surface area contributed by atoms with Crippen LogP contribution < -0.4 is 15.4 Å². The second-order valence-electron chi connectivity index (χ2n) is 6.39. The molecule has 0 unspecified atom stereocenters. The van der Waals surface area contributed by atoms with Crippen LogP contribution in [0.4, 0.5) is 10.5 Å². The van der Waals surface area contributed by atoms with E-state index in [2.05, 4.69) is 10.6 Å². The summed E-state index contributed by atoms with van der Waals surface area (Å²) in [5.41, 5.74) is 0.677. The fraction of sp³-hybridized carbons (Fsp3) is 0.556. The standard InChI is InChI=1S/C18H25N3O4/c1-24-14-8-6-13(7-9-14)20-18(23)21-10-2-5-16(21)17(22)19-12-15-4-3-11-25-15/h6-9,15-16H,2-5,10-12H2,1H3,(H,19,22)(H,20,23)/t15-,16-/m1/s1. The summed E-state index contributed by atoms with van der Waals surface area (Å²) >= 11 is 0. The van der Waals surface area contributed by atoms with Crippen molar-refractivity contribution in [3.63, 3.8) is 0 Å². The maximum absolute atomic E-state index is 12.5. The van der Waals surface area contributed by atoms with Gasteiger partial charge in [-0.25, -0.2) is 4.79 Å². The van der Waals surface area contributed by atoms with Crippen molar-refractivity contribution in [3.8, 4) is 5.75 Å². The highest BCUT2D eigenvalue weighted by molar-refractivity contribution is 5.94. The zero-order valence-electron chi connectivity index (χ0n) is 14.5. The minimum absolute atomic E-state index is 0.0992. The molecule has 2 saturated heterocycles. The second kappa shape index (κ2) is 8.20. The van der Waals surface area contributed by atoms with Crippen molar-refractivity contribution in [2.24, 2.45) is 0 Å². The maximum Gasteiger partial charge on any atom is 0.322 e. The third-order valence-corrected chi connectivity index (χ3v) is 4.69. The van der Waals surface area contributed by atoms with E-state index in [4.69, 9.17) is 9.47 Å². The van der Waals surface area contributed by atoms with Gasteiger partial charge in [-0.2, -0.15) is 0 Å². The van der Waals surface area contributed by atoms with E-state index < -0.39 is 6.04 Å². The van der Waals surface area contributed by atoms with E-state index in [1.54, 1.807) is 36.3 Å². The summed E-state index contributed by atoms with van der Waals surface area (Å²) in [6.45, 7) is 1.86. The highest BCUT2D eigenvalue weighted by Gasteiger charge is 2.34. The van der Waals surface area contributed by atoms with Gasteiger partial charge in [0, 0.05) is 25.4 Å². The molecule has 0 aliphatic carbocycles. The van der Waals surface area contributed by atoms with Crippen molar-refractivity contribution < 1.29 is 19.1 Å². The third kappa shape index (κ3) is 4.42. The molecule has 2 heterocycles. The first-order chi connectivity index (χ1) is 12.2. The average Bonchev–Trinajstić information content (AvgIpc) is 3.32. The van der Waals surface area contributed by atoms with Crippen LogP contribution in [0.1, 0.15) is 25.7 Å². The van der Waals surface area contributed by atoms with Crippen LogP contribution in [0.2, 0.25) is 0 Å². The molecule has 0 saturated carbocycles. The van der Waals surface area contributed by atoms with Gasteiger partial charge in [-0.1, -0.05) is 0 Å². The number of anilines is 1. The van der Waals surface area contributed by atoms with Crippen molar-refractivity contribution in [1.29, 1.82) is 0 Å². The van der Waals surface area contributed by atoms with E-state index >= 15 is 0 Å². The number of carbonyl (C=O) groups excluding carboxylic acids is 2. The van der Waals surface area contributed by atoms with Gasteiger partial charge in [0.05, 0.1) is 13.2 Å².